The van der Waals surface area contributed by atoms with E-state index in [2.05, 4.69) is 0 Å². The van der Waals surface area contributed by atoms with Crippen molar-refractivity contribution in [2.45, 2.75) is 41.0 Å². The fourth-order valence-corrected chi connectivity index (χ4v) is 0.760. The molecular formula is C12H20F2. The van der Waals surface area contributed by atoms with Crippen molar-refractivity contribution < 1.29 is 8.78 Å². The van der Waals surface area contributed by atoms with Gasteiger partial charge in [0.25, 0.3) is 0 Å². The highest BCUT2D eigenvalue weighted by molar-refractivity contribution is 5.17. The SMILES string of the molecule is CC.CC.CCc1ccc(F)c(F)c1. The second-order valence-electron chi connectivity index (χ2n) is 2.10. The van der Waals surface area contributed by atoms with E-state index in [-0.39, 0.29) is 0 Å². The van der Waals surface area contributed by atoms with Gasteiger partial charge in [0, 0.05) is 0 Å². The third-order valence-electron chi connectivity index (χ3n) is 1.39. The van der Waals surface area contributed by atoms with Crippen LogP contribution in [-0.4, -0.2) is 0 Å². The third-order valence-corrected chi connectivity index (χ3v) is 1.39. The maximum Gasteiger partial charge on any atom is 0.159 e. The first-order chi connectivity index (χ1) is 6.74. The molecule has 0 heterocycles. The van der Waals surface area contributed by atoms with Crippen LogP contribution in [0.5, 0.6) is 0 Å². The molecule has 0 fully saturated rings. The second kappa shape index (κ2) is 10.2. The van der Waals surface area contributed by atoms with Crippen molar-refractivity contribution in [2.75, 3.05) is 0 Å². The van der Waals surface area contributed by atoms with Gasteiger partial charge >= 0.3 is 0 Å². The largest absolute Gasteiger partial charge is 0.204 e. The lowest BCUT2D eigenvalue weighted by Gasteiger charge is -1.95. The van der Waals surface area contributed by atoms with Crippen LogP contribution in [0.2, 0.25) is 0 Å². The fraction of sp³-hybridized carbons (Fsp3) is 0.500. The van der Waals surface area contributed by atoms with Crippen LogP contribution >= 0.6 is 0 Å². The van der Waals surface area contributed by atoms with Gasteiger partial charge in [0.15, 0.2) is 11.6 Å². The van der Waals surface area contributed by atoms with E-state index >= 15 is 0 Å². The van der Waals surface area contributed by atoms with Crippen LogP contribution in [0.15, 0.2) is 18.2 Å². The van der Waals surface area contributed by atoms with Crippen LogP contribution in [-0.2, 0) is 6.42 Å². The summed E-state index contributed by atoms with van der Waals surface area (Å²) in [7, 11) is 0. The van der Waals surface area contributed by atoms with Gasteiger partial charge < -0.3 is 0 Å². The number of hydrogen-bond donors (Lipinski definition) is 0. The number of hydrogen-bond acceptors (Lipinski definition) is 0. The Bertz CT molecular complexity index is 232. The van der Waals surface area contributed by atoms with Crippen LogP contribution in [0, 0.1) is 11.6 Å². The van der Waals surface area contributed by atoms with Crippen molar-refractivity contribution >= 4 is 0 Å². The molecule has 1 aromatic carbocycles. The summed E-state index contributed by atoms with van der Waals surface area (Å²) in [6, 6.07) is 3.95. The Labute approximate surface area is 86.0 Å². The molecule has 14 heavy (non-hydrogen) atoms. The summed E-state index contributed by atoms with van der Waals surface area (Å²) in [5.41, 5.74) is 0.818. The highest BCUT2D eigenvalue weighted by Gasteiger charge is 1.99. The summed E-state index contributed by atoms with van der Waals surface area (Å²) in [6.07, 6.45) is 0.733. The Balaban J connectivity index is 0. The Morgan fingerprint density at radius 3 is 1.79 bits per heavy atom. The quantitative estimate of drug-likeness (QED) is 0.625. The van der Waals surface area contributed by atoms with Crippen molar-refractivity contribution in [3.8, 4) is 0 Å². The lowest BCUT2D eigenvalue weighted by atomic mass is 10.2. The number of rotatable bonds is 1. The summed E-state index contributed by atoms with van der Waals surface area (Å²) in [6.45, 7) is 9.90. The first-order valence-electron chi connectivity index (χ1n) is 5.18. The zero-order valence-electron chi connectivity index (χ0n) is 9.70. The lowest BCUT2D eigenvalue weighted by molar-refractivity contribution is 0.507. The second-order valence-corrected chi connectivity index (χ2v) is 2.10. The van der Waals surface area contributed by atoms with Crippen LogP contribution in [0.25, 0.3) is 0 Å². The van der Waals surface area contributed by atoms with Gasteiger partial charge in [-0.25, -0.2) is 8.78 Å². The molecule has 0 saturated carbocycles. The highest BCUT2D eigenvalue weighted by atomic mass is 19.2. The van der Waals surface area contributed by atoms with E-state index in [1.807, 2.05) is 34.6 Å². The summed E-state index contributed by atoms with van der Waals surface area (Å²) < 4.78 is 24.7. The predicted molar refractivity (Wildman–Crippen MR) is 58.4 cm³/mol. The third kappa shape index (κ3) is 5.68. The first-order valence-corrected chi connectivity index (χ1v) is 5.18. The van der Waals surface area contributed by atoms with Crippen LogP contribution in [0.3, 0.4) is 0 Å². The van der Waals surface area contributed by atoms with Crippen LogP contribution in [0.4, 0.5) is 8.78 Å². The summed E-state index contributed by atoms with van der Waals surface area (Å²) in [5, 5.41) is 0. The van der Waals surface area contributed by atoms with E-state index in [1.165, 1.54) is 6.07 Å². The Morgan fingerprint density at radius 1 is 0.929 bits per heavy atom. The molecule has 0 aliphatic carbocycles. The molecule has 0 atom stereocenters. The van der Waals surface area contributed by atoms with Gasteiger partial charge in [-0.1, -0.05) is 40.7 Å². The maximum absolute atomic E-state index is 12.4. The van der Waals surface area contributed by atoms with Gasteiger partial charge in [-0.05, 0) is 24.1 Å². The molecule has 0 saturated heterocycles. The van der Waals surface area contributed by atoms with E-state index < -0.39 is 11.6 Å². The molecule has 0 nitrogen and oxygen atoms in total. The number of halogens is 2. The normalized spacial score (nSPS) is 7.93. The number of benzene rings is 1. The summed E-state index contributed by atoms with van der Waals surface area (Å²) >= 11 is 0. The Morgan fingerprint density at radius 2 is 1.43 bits per heavy atom. The lowest BCUT2D eigenvalue weighted by Crippen LogP contribution is -1.86. The minimum absolute atomic E-state index is 0.733. The molecule has 0 spiro atoms. The Kier molecular flexibility index (Phi) is 11.3. The van der Waals surface area contributed by atoms with Crippen molar-refractivity contribution in [1.82, 2.24) is 0 Å². The first kappa shape index (κ1) is 15.5. The van der Waals surface area contributed by atoms with Crippen LogP contribution < -0.4 is 0 Å². The van der Waals surface area contributed by atoms with E-state index in [9.17, 15) is 8.78 Å². The van der Waals surface area contributed by atoms with Crippen molar-refractivity contribution in [1.29, 1.82) is 0 Å². The van der Waals surface area contributed by atoms with Gasteiger partial charge in [-0.2, -0.15) is 0 Å². The van der Waals surface area contributed by atoms with Gasteiger partial charge in [-0.15, -0.1) is 0 Å². The van der Waals surface area contributed by atoms with Gasteiger partial charge in [0.1, 0.15) is 0 Å². The maximum atomic E-state index is 12.4. The zero-order valence-corrected chi connectivity index (χ0v) is 9.70. The smallest absolute Gasteiger partial charge is 0.159 e. The van der Waals surface area contributed by atoms with Crippen molar-refractivity contribution in [2.24, 2.45) is 0 Å². The molecule has 0 amide bonds. The molecule has 0 radical (unpaired) electrons. The van der Waals surface area contributed by atoms with E-state index in [1.54, 1.807) is 6.07 Å². The van der Waals surface area contributed by atoms with Gasteiger partial charge in [0.2, 0.25) is 0 Å². The number of aryl methyl sites for hydroxylation is 1. The molecule has 0 N–H and O–H groups in total. The summed E-state index contributed by atoms with van der Waals surface area (Å²) in [5.74, 6) is -1.54. The van der Waals surface area contributed by atoms with Crippen LogP contribution in [0.1, 0.15) is 40.2 Å². The van der Waals surface area contributed by atoms with Gasteiger partial charge in [-0.3, -0.25) is 0 Å². The average Bonchev–Trinajstić information content (AvgIpc) is 2.28. The molecule has 1 aromatic rings. The van der Waals surface area contributed by atoms with Crippen molar-refractivity contribution in [3.05, 3.63) is 35.4 Å². The molecule has 0 aliphatic heterocycles. The minimum atomic E-state index is -0.780. The predicted octanol–water partition coefficient (Wildman–Crippen LogP) is 4.58. The summed E-state index contributed by atoms with van der Waals surface area (Å²) in [4.78, 5) is 0. The molecule has 0 bridgehead atoms. The average molecular weight is 202 g/mol. The van der Waals surface area contributed by atoms with E-state index in [0.717, 1.165) is 18.1 Å². The standard InChI is InChI=1S/C8H8F2.2C2H6/c1-2-6-3-4-7(9)8(10)5-6;2*1-2/h3-5H,2H2,1H3;2*1-2H3. The highest BCUT2D eigenvalue weighted by Crippen LogP contribution is 2.08. The van der Waals surface area contributed by atoms with Gasteiger partial charge in [0.05, 0.1) is 0 Å². The molecular weight excluding hydrogens is 182 g/mol. The van der Waals surface area contributed by atoms with Crippen molar-refractivity contribution in [3.63, 3.8) is 0 Å². The minimum Gasteiger partial charge on any atom is -0.204 e. The Hall–Kier alpha value is -0.920. The molecule has 82 valence electrons. The fourth-order valence-electron chi connectivity index (χ4n) is 0.760. The molecule has 1 rings (SSSR count). The monoisotopic (exact) mass is 202 g/mol. The topological polar surface area (TPSA) is 0 Å². The zero-order chi connectivity index (χ0) is 11.6. The molecule has 0 unspecified atom stereocenters. The van der Waals surface area contributed by atoms with E-state index in [0.29, 0.717) is 0 Å². The molecule has 2 heteroatoms. The molecule has 0 aromatic heterocycles. The molecule has 0 aliphatic rings. The van der Waals surface area contributed by atoms with E-state index in [4.69, 9.17) is 0 Å².